The van der Waals surface area contributed by atoms with Crippen LogP contribution in [0.15, 0.2) is 48.5 Å². The highest BCUT2D eigenvalue weighted by Gasteiger charge is 2.32. The molecule has 0 saturated carbocycles. The molecule has 1 aromatic heterocycles. The number of ketones is 1. The standard InChI is InChI=1S/C21H19FN2O2/c1-13-21-19(24(23-13)17-7-9-18(26-2)10-8-17)11-15(12-20(21)25)14-3-5-16(22)6-4-14/h3-10,15H,11-12H2,1-2H3. The summed E-state index contributed by atoms with van der Waals surface area (Å²) < 4.78 is 20.3. The number of rotatable bonds is 3. The Morgan fingerprint density at radius 1 is 1.08 bits per heavy atom. The van der Waals surface area contributed by atoms with Crippen LogP contribution >= 0.6 is 0 Å². The van der Waals surface area contributed by atoms with E-state index in [1.54, 1.807) is 19.2 Å². The minimum atomic E-state index is -0.268. The SMILES string of the molecule is COc1ccc(-n2nc(C)c3c2CC(c2ccc(F)cc2)CC3=O)cc1. The molecule has 0 fully saturated rings. The van der Waals surface area contributed by atoms with Crippen molar-refractivity contribution in [3.05, 3.63) is 76.9 Å². The second-order valence-corrected chi connectivity index (χ2v) is 6.60. The Bertz CT molecular complexity index is 959. The first-order valence-electron chi connectivity index (χ1n) is 8.58. The van der Waals surface area contributed by atoms with Crippen molar-refractivity contribution in [3.8, 4) is 11.4 Å². The van der Waals surface area contributed by atoms with Gasteiger partial charge in [-0.2, -0.15) is 5.10 Å². The molecule has 1 aliphatic carbocycles. The topological polar surface area (TPSA) is 44.1 Å². The zero-order valence-electron chi connectivity index (χ0n) is 14.7. The van der Waals surface area contributed by atoms with E-state index < -0.39 is 0 Å². The second-order valence-electron chi connectivity index (χ2n) is 6.60. The molecule has 0 amide bonds. The van der Waals surface area contributed by atoms with E-state index in [2.05, 4.69) is 5.10 Å². The van der Waals surface area contributed by atoms with Gasteiger partial charge in [0.25, 0.3) is 0 Å². The predicted molar refractivity (Wildman–Crippen MR) is 96.6 cm³/mol. The summed E-state index contributed by atoms with van der Waals surface area (Å²) in [5.74, 6) is 0.629. The molecule has 3 aromatic rings. The maximum Gasteiger partial charge on any atom is 0.167 e. The average molecular weight is 350 g/mol. The van der Waals surface area contributed by atoms with E-state index in [0.29, 0.717) is 12.8 Å². The lowest BCUT2D eigenvalue weighted by Gasteiger charge is -2.23. The number of benzene rings is 2. The Morgan fingerprint density at radius 3 is 2.42 bits per heavy atom. The number of ether oxygens (including phenoxy) is 1. The van der Waals surface area contributed by atoms with Crippen LogP contribution in [0.1, 0.15) is 39.6 Å². The van der Waals surface area contributed by atoms with E-state index in [9.17, 15) is 9.18 Å². The van der Waals surface area contributed by atoms with E-state index >= 15 is 0 Å². The molecule has 5 heteroatoms. The van der Waals surface area contributed by atoms with Gasteiger partial charge in [-0.05, 0) is 61.2 Å². The first-order valence-corrected chi connectivity index (χ1v) is 8.58. The van der Waals surface area contributed by atoms with Crippen molar-refractivity contribution in [1.29, 1.82) is 0 Å². The van der Waals surface area contributed by atoms with E-state index in [1.165, 1.54) is 12.1 Å². The van der Waals surface area contributed by atoms with Gasteiger partial charge >= 0.3 is 0 Å². The van der Waals surface area contributed by atoms with Crippen LogP contribution in [0.3, 0.4) is 0 Å². The number of carbonyl (C=O) groups excluding carboxylic acids is 1. The van der Waals surface area contributed by atoms with Crippen molar-refractivity contribution >= 4 is 5.78 Å². The lowest BCUT2D eigenvalue weighted by molar-refractivity contribution is 0.0963. The number of nitrogens with zero attached hydrogens (tertiary/aromatic N) is 2. The van der Waals surface area contributed by atoms with E-state index in [1.807, 2.05) is 35.9 Å². The van der Waals surface area contributed by atoms with Crippen LogP contribution in [0.5, 0.6) is 5.75 Å². The lowest BCUT2D eigenvalue weighted by Crippen LogP contribution is -2.20. The van der Waals surface area contributed by atoms with Gasteiger partial charge in [-0.25, -0.2) is 9.07 Å². The second kappa shape index (κ2) is 6.41. The van der Waals surface area contributed by atoms with Gasteiger partial charge in [-0.1, -0.05) is 12.1 Å². The van der Waals surface area contributed by atoms with Crippen LogP contribution in [0.25, 0.3) is 5.69 Å². The number of methoxy groups -OCH3 is 1. The average Bonchev–Trinajstić information content (AvgIpc) is 2.99. The molecule has 4 nitrogen and oxygen atoms in total. The highest BCUT2D eigenvalue weighted by Crippen LogP contribution is 2.35. The zero-order valence-corrected chi connectivity index (χ0v) is 14.7. The summed E-state index contributed by atoms with van der Waals surface area (Å²) in [5, 5.41) is 4.61. The van der Waals surface area contributed by atoms with Gasteiger partial charge in [-0.3, -0.25) is 4.79 Å². The Morgan fingerprint density at radius 2 is 1.77 bits per heavy atom. The number of fused-ring (bicyclic) bond motifs is 1. The maximum atomic E-state index is 13.2. The number of aryl methyl sites for hydroxylation is 1. The molecule has 1 aliphatic rings. The van der Waals surface area contributed by atoms with Crippen molar-refractivity contribution in [2.45, 2.75) is 25.7 Å². The fraction of sp³-hybridized carbons (Fsp3) is 0.238. The Hall–Kier alpha value is -2.95. The van der Waals surface area contributed by atoms with Crippen molar-refractivity contribution in [1.82, 2.24) is 9.78 Å². The summed E-state index contributed by atoms with van der Waals surface area (Å²) in [6.07, 6.45) is 1.12. The van der Waals surface area contributed by atoms with E-state index in [-0.39, 0.29) is 17.5 Å². The minimum Gasteiger partial charge on any atom is -0.497 e. The molecule has 1 unspecified atom stereocenters. The molecule has 1 heterocycles. The number of carbonyl (C=O) groups is 1. The smallest absolute Gasteiger partial charge is 0.167 e. The molecule has 0 saturated heterocycles. The van der Waals surface area contributed by atoms with Crippen LogP contribution in [0, 0.1) is 12.7 Å². The number of aromatic nitrogens is 2. The number of Topliss-reactive ketones (excluding diaryl/α,β-unsaturated/α-hetero) is 1. The molecule has 0 bridgehead atoms. The quantitative estimate of drug-likeness (QED) is 0.710. The molecule has 1 atom stereocenters. The maximum absolute atomic E-state index is 13.2. The van der Waals surface area contributed by atoms with Crippen LogP contribution < -0.4 is 4.74 Å². The van der Waals surface area contributed by atoms with Gasteiger partial charge in [0.2, 0.25) is 0 Å². The molecule has 2 aromatic carbocycles. The van der Waals surface area contributed by atoms with Gasteiger partial charge in [0.1, 0.15) is 11.6 Å². The summed E-state index contributed by atoms with van der Waals surface area (Å²) >= 11 is 0. The van der Waals surface area contributed by atoms with Crippen molar-refractivity contribution in [2.75, 3.05) is 7.11 Å². The first kappa shape index (κ1) is 16.5. The largest absolute Gasteiger partial charge is 0.497 e. The molecule has 0 aliphatic heterocycles. The number of hydrogen-bond donors (Lipinski definition) is 0. The predicted octanol–water partition coefficient (Wildman–Crippen LogP) is 4.24. The van der Waals surface area contributed by atoms with Crippen molar-refractivity contribution in [3.63, 3.8) is 0 Å². The summed E-state index contributed by atoms with van der Waals surface area (Å²) in [6, 6.07) is 14.0. The zero-order chi connectivity index (χ0) is 18.3. The van der Waals surface area contributed by atoms with Crippen molar-refractivity contribution in [2.24, 2.45) is 0 Å². The fourth-order valence-corrected chi connectivity index (χ4v) is 3.67. The molecular formula is C21H19FN2O2. The summed E-state index contributed by atoms with van der Waals surface area (Å²) in [4.78, 5) is 12.8. The van der Waals surface area contributed by atoms with Crippen molar-refractivity contribution < 1.29 is 13.9 Å². The summed E-state index contributed by atoms with van der Waals surface area (Å²) in [7, 11) is 1.63. The van der Waals surface area contributed by atoms with Gasteiger partial charge in [0.05, 0.1) is 29.7 Å². The molecule has 4 rings (SSSR count). The highest BCUT2D eigenvalue weighted by molar-refractivity contribution is 6.00. The van der Waals surface area contributed by atoms with Gasteiger partial charge in [0, 0.05) is 6.42 Å². The van der Waals surface area contributed by atoms with Gasteiger partial charge in [0.15, 0.2) is 5.78 Å². The molecule has 0 radical (unpaired) electrons. The Kier molecular flexibility index (Phi) is 4.07. The fourth-order valence-electron chi connectivity index (χ4n) is 3.67. The third kappa shape index (κ3) is 2.79. The van der Waals surface area contributed by atoms with Crippen LogP contribution in [-0.2, 0) is 6.42 Å². The highest BCUT2D eigenvalue weighted by atomic mass is 19.1. The Balaban J connectivity index is 1.75. The van der Waals surface area contributed by atoms with Gasteiger partial charge < -0.3 is 4.74 Å². The summed E-state index contributed by atoms with van der Waals surface area (Å²) in [5.41, 5.74) is 4.25. The Labute approximate surface area is 151 Å². The normalized spacial score (nSPS) is 16.4. The van der Waals surface area contributed by atoms with E-state index in [4.69, 9.17) is 4.74 Å². The van der Waals surface area contributed by atoms with E-state index in [0.717, 1.165) is 34.0 Å². The molecule has 26 heavy (non-hydrogen) atoms. The third-order valence-corrected chi connectivity index (χ3v) is 4.96. The van der Waals surface area contributed by atoms with Gasteiger partial charge in [-0.15, -0.1) is 0 Å². The molecular weight excluding hydrogens is 331 g/mol. The van der Waals surface area contributed by atoms with Crippen LogP contribution in [0.4, 0.5) is 4.39 Å². The first-order chi connectivity index (χ1) is 12.6. The van der Waals surface area contributed by atoms with Crippen LogP contribution in [0.2, 0.25) is 0 Å². The molecule has 0 spiro atoms. The minimum absolute atomic E-state index is 0.0312. The number of hydrogen-bond acceptors (Lipinski definition) is 3. The molecule has 132 valence electrons. The monoisotopic (exact) mass is 350 g/mol. The van der Waals surface area contributed by atoms with Crippen LogP contribution in [-0.4, -0.2) is 22.7 Å². The summed E-state index contributed by atoms with van der Waals surface area (Å²) in [6.45, 7) is 1.87. The third-order valence-electron chi connectivity index (χ3n) is 4.96. The lowest BCUT2D eigenvalue weighted by atomic mass is 9.81. The number of halogens is 1. The molecule has 0 N–H and O–H groups in total.